The molecule has 9 heteroatoms. The molecule has 1 aliphatic rings. The molecule has 1 saturated heterocycles. The molecule has 1 atom stereocenters. The zero-order valence-electron chi connectivity index (χ0n) is 13.7. The van der Waals surface area contributed by atoms with E-state index in [0.29, 0.717) is 57.2 Å². The Bertz CT molecular complexity index is 553. The zero-order chi connectivity index (χ0) is 18.0. The highest BCUT2D eigenvalue weighted by Gasteiger charge is 2.39. The second-order valence-corrected chi connectivity index (χ2v) is 5.89. The molecule has 1 N–H and O–H groups in total. The predicted octanol–water partition coefficient (Wildman–Crippen LogP) is 4.89. The van der Waals surface area contributed by atoms with E-state index in [9.17, 15) is 26.3 Å². The number of hydrogen-bond donors (Lipinski definition) is 1. The highest BCUT2D eigenvalue weighted by Crippen LogP contribution is 2.41. The summed E-state index contributed by atoms with van der Waals surface area (Å²) in [7, 11) is 0. The Labute approximate surface area is 149 Å². The van der Waals surface area contributed by atoms with Crippen LogP contribution in [0.15, 0.2) is 18.2 Å². The summed E-state index contributed by atoms with van der Waals surface area (Å²) in [5.74, 6) is 0. The first-order chi connectivity index (χ1) is 11.1. The van der Waals surface area contributed by atoms with Gasteiger partial charge < -0.3 is 5.32 Å². The van der Waals surface area contributed by atoms with Gasteiger partial charge in [0.05, 0.1) is 11.1 Å². The maximum atomic E-state index is 13.3. The van der Waals surface area contributed by atoms with Crippen LogP contribution in [-0.2, 0) is 12.4 Å². The molecule has 0 radical (unpaired) electrons. The van der Waals surface area contributed by atoms with E-state index in [4.69, 9.17) is 0 Å². The first-order valence-electron chi connectivity index (χ1n) is 7.87. The Morgan fingerprint density at radius 1 is 1.04 bits per heavy atom. The lowest BCUT2D eigenvalue weighted by atomic mass is 9.92. The van der Waals surface area contributed by atoms with Crippen LogP contribution in [0.3, 0.4) is 0 Å². The highest BCUT2D eigenvalue weighted by atomic mass is 35.5. The molecule has 1 fully saturated rings. The van der Waals surface area contributed by atoms with Crippen LogP contribution < -0.4 is 5.32 Å². The molecule has 0 bridgehead atoms. The lowest BCUT2D eigenvalue weighted by Gasteiger charge is -2.36. The van der Waals surface area contributed by atoms with Gasteiger partial charge in [-0.2, -0.15) is 26.3 Å². The maximum Gasteiger partial charge on any atom is 0.416 e. The Morgan fingerprint density at radius 2 is 1.64 bits per heavy atom. The molecule has 0 aliphatic carbocycles. The van der Waals surface area contributed by atoms with E-state index in [1.54, 1.807) is 0 Å². The predicted molar refractivity (Wildman–Crippen MR) is 85.8 cm³/mol. The summed E-state index contributed by atoms with van der Waals surface area (Å²) < 4.78 is 78.9. The monoisotopic (exact) mass is 390 g/mol. The molecule has 2 rings (SSSR count). The van der Waals surface area contributed by atoms with Gasteiger partial charge >= 0.3 is 12.4 Å². The minimum Gasteiger partial charge on any atom is -0.314 e. The van der Waals surface area contributed by atoms with E-state index in [1.165, 1.54) is 0 Å². The van der Waals surface area contributed by atoms with Gasteiger partial charge in [-0.15, -0.1) is 12.4 Å². The van der Waals surface area contributed by atoms with E-state index in [-0.39, 0.29) is 18.0 Å². The molecule has 1 heterocycles. The quantitative estimate of drug-likeness (QED) is 0.736. The van der Waals surface area contributed by atoms with Crippen molar-refractivity contribution in [2.45, 2.75) is 38.2 Å². The average Bonchev–Trinajstić information content (AvgIpc) is 2.51. The molecule has 144 valence electrons. The summed E-state index contributed by atoms with van der Waals surface area (Å²) >= 11 is 0. The van der Waals surface area contributed by atoms with Crippen molar-refractivity contribution in [2.75, 3.05) is 26.2 Å². The number of halogens is 7. The van der Waals surface area contributed by atoms with Crippen molar-refractivity contribution in [2.24, 2.45) is 0 Å². The van der Waals surface area contributed by atoms with Crippen LogP contribution in [0.25, 0.3) is 0 Å². The first kappa shape index (κ1) is 22.1. The number of nitrogens with zero attached hydrogens (tertiary/aromatic N) is 1. The molecule has 0 amide bonds. The third-order valence-electron chi connectivity index (χ3n) is 4.20. The van der Waals surface area contributed by atoms with Crippen LogP contribution in [0.4, 0.5) is 26.3 Å². The smallest absolute Gasteiger partial charge is 0.314 e. The minimum atomic E-state index is -4.68. The molecular weight excluding hydrogens is 370 g/mol. The zero-order valence-corrected chi connectivity index (χ0v) is 14.5. The summed E-state index contributed by atoms with van der Waals surface area (Å²) in [6.45, 7) is 4.06. The summed E-state index contributed by atoms with van der Waals surface area (Å²) in [4.78, 5) is 1.84. The summed E-state index contributed by atoms with van der Waals surface area (Å²) in [5, 5.41) is 3.10. The normalized spacial score (nSPS) is 17.9. The van der Waals surface area contributed by atoms with Crippen molar-refractivity contribution in [1.29, 1.82) is 0 Å². The molecule has 0 unspecified atom stereocenters. The third kappa shape index (κ3) is 5.49. The molecule has 2 nitrogen and oxygen atoms in total. The lowest BCUT2D eigenvalue weighted by molar-refractivity contribution is -0.142. The summed E-state index contributed by atoms with van der Waals surface area (Å²) in [6.07, 6.45) is -8.38. The Balaban J connectivity index is 0.00000312. The van der Waals surface area contributed by atoms with Crippen molar-refractivity contribution >= 4 is 12.4 Å². The molecule has 25 heavy (non-hydrogen) atoms. The van der Waals surface area contributed by atoms with E-state index in [0.717, 1.165) is 0 Å². The fourth-order valence-electron chi connectivity index (χ4n) is 3.07. The van der Waals surface area contributed by atoms with Crippen LogP contribution >= 0.6 is 12.4 Å². The third-order valence-corrected chi connectivity index (χ3v) is 4.20. The SMILES string of the molecule is CCC[C@@H](c1cc(C(F)(F)F)ccc1C(F)(F)F)N1CCNCC1.Cl. The Kier molecular flexibility index (Phi) is 7.58. The fraction of sp³-hybridized carbons (Fsp3) is 0.625. The molecule has 1 aromatic rings. The number of hydrogen-bond acceptors (Lipinski definition) is 2. The number of rotatable bonds is 4. The maximum absolute atomic E-state index is 13.3. The van der Waals surface area contributed by atoms with Crippen LogP contribution in [-0.4, -0.2) is 31.1 Å². The van der Waals surface area contributed by atoms with Gasteiger partial charge in [0, 0.05) is 32.2 Å². The van der Waals surface area contributed by atoms with E-state index in [1.807, 2.05) is 11.8 Å². The molecular formula is C16H21ClF6N2. The molecule has 0 saturated carbocycles. The average molecular weight is 391 g/mol. The number of piperazine rings is 1. The number of alkyl halides is 6. The van der Waals surface area contributed by atoms with Gasteiger partial charge in [-0.25, -0.2) is 0 Å². The van der Waals surface area contributed by atoms with Gasteiger partial charge in [0.25, 0.3) is 0 Å². The molecule has 0 aromatic heterocycles. The van der Waals surface area contributed by atoms with Gasteiger partial charge in [0.2, 0.25) is 0 Å². The van der Waals surface area contributed by atoms with Gasteiger partial charge in [-0.3, -0.25) is 4.90 Å². The standard InChI is InChI=1S/C16H20F6N2.ClH/c1-2-3-14(24-8-6-23-7-9-24)12-10-11(15(17,18)19)4-5-13(12)16(20,21)22;/h4-5,10,14,23H,2-3,6-9H2,1H3;1H/t14-;/m0./s1. The second-order valence-electron chi connectivity index (χ2n) is 5.89. The highest BCUT2D eigenvalue weighted by molar-refractivity contribution is 5.85. The van der Waals surface area contributed by atoms with Gasteiger partial charge in [-0.1, -0.05) is 13.3 Å². The lowest BCUT2D eigenvalue weighted by Crippen LogP contribution is -2.45. The first-order valence-corrected chi connectivity index (χ1v) is 7.87. The van der Waals surface area contributed by atoms with Crippen LogP contribution in [0.1, 0.15) is 42.5 Å². The van der Waals surface area contributed by atoms with Crippen LogP contribution in [0.5, 0.6) is 0 Å². The van der Waals surface area contributed by atoms with Crippen LogP contribution in [0.2, 0.25) is 0 Å². The molecule has 0 spiro atoms. The fourth-order valence-corrected chi connectivity index (χ4v) is 3.07. The summed E-state index contributed by atoms with van der Waals surface area (Å²) in [6, 6.07) is 1.07. The Morgan fingerprint density at radius 3 is 2.12 bits per heavy atom. The van der Waals surface area contributed by atoms with E-state index >= 15 is 0 Å². The molecule has 1 aromatic carbocycles. The van der Waals surface area contributed by atoms with Crippen molar-refractivity contribution < 1.29 is 26.3 Å². The second kappa shape index (κ2) is 8.60. The van der Waals surface area contributed by atoms with E-state index in [2.05, 4.69) is 5.32 Å². The van der Waals surface area contributed by atoms with Crippen molar-refractivity contribution in [3.63, 3.8) is 0 Å². The van der Waals surface area contributed by atoms with Crippen molar-refractivity contribution in [3.05, 3.63) is 34.9 Å². The largest absolute Gasteiger partial charge is 0.416 e. The van der Waals surface area contributed by atoms with Crippen molar-refractivity contribution in [1.82, 2.24) is 10.2 Å². The minimum absolute atomic E-state index is 0. The summed E-state index contributed by atoms with van der Waals surface area (Å²) in [5.41, 5.74) is -2.30. The van der Waals surface area contributed by atoms with Gasteiger partial charge in [0.1, 0.15) is 0 Å². The van der Waals surface area contributed by atoms with Gasteiger partial charge in [0.15, 0.2) is 0 Å². The number of benzene rings is 1. The van der Waals surface area contributed by atoms with Crippen molar-refractivity contribution in [3.8, 4) is 0 Å². The van der Waals surface area contributed by atoms with Crippen LogP contribution in [0, 0.1) is 0 Å². The molecule has 1 aliphatic heterocycles. The Hall–Kier alpha value is -0.990. The van der Waals surface area contributed by atoms with Gasteiger partial charge in [-0.05, 0) is 30.2 Å². The van der Waals surface area contributed by atoms with E-state index < -0.39 is 29.5 Å². The number of nitrogens with one attached hydrogen (secondary N) is 1. The topological polar surface area (TPSA) is 15.3 Å².